The van der Waals surface area contributed by atoms with E-state index < -0.39 is 4.92 Å². The zero-order chi connectivity index (χ0) is 15.5. The maximum Gasteiger partial charge on any atom is 0.278 e. The van der Waals surface area contributed by atoms with E-state index >= 15 is 0 Å². The molecular weight excluding hydrogens is 270 g/mol. The molecule has 0 fully saturated rings. The molecule has 0 amide bonds. The summed E-state index contributed by atoms with van der Waals surface area (Å²) in [6.45, 7) is 4.89. The number of rotatable bonds is 6. The van der Waals surface area contributed by atoms with Gasteiger partial charge in [0.05, 0.1) is 16.0 Å². The topological polar surface area (TPSA) is 88.3 Å². The maximum atomic E-state index is 11.1. The van der Waals surface area contributed by atoms with Crippen molar-refractivity contribution in [1.82, 2.24) is 4.98 Å². The van der Waals surface area contributed by atoms with Crippen molar-refractivity contribution in [2.75, 3.05) is 18.5 Å². The molecule has 0 aliphatic rings. The molecule has 0 saturated carbocycles. The molecule has 6 nitrogen and oxygen atoms in total. The molecule has 0 aliphatic carbocycles. The normalized spacial score (nSPS) is 11.6. The summed E-state index contributed by atoms with van der Waals surface area (Å²) in [6, 6.07) is 6.56. The third-order valence-corrected chi connectivity index (χ3v) is 3.49. The van der Waals surface area contributed by atoms with Crippen LogP contribution >= 0.6 is 0 Å². The van der Waals surface area contributed by atoms with Crippen molar-refractivity contribution in [1.29, 1.82) is 0 Å². The van der Waals surface area contributed by atoms with Crippen LogP contribution in [0.15, 0.2) is 30.5 Å². The fourth-order valence-corrected chi connectivity index (χ4v) is 2.19. The molecule has 0 unspecified atom stereocenters. The zero-order valence-electron chi connectivity index (χ0n) is 12.2. The van der Waals surface area contributed by atoms with Crippen molar-refractivity contribution in [3.05, 3.63) is 40.6 Å². The SMILES string of the molecule is CC(C)(CCO)CNc1ccc([N+](=O)[O-])c2cccnc12. The number of hydrogen-bond donors (Lipinski definition) is 2. The Bertz CT molecular complexity index is 656. The van der Waals surface area contributed by atoms with Crippen molar-refractivity contribution in [2.45, 2.75) is 20.3 Å². The van der Waals surface area contributed by atoms with Crippen LogP contribution in [0.5, 0.6) is 0 Å². The van der Waals surface area contributed by atoms with Gasteiger partial charge in [0, 0.05) is 25.4 Å². The number of aromatic nitrogens is 1. The Labute approximate surface area is 123 Å². The molecule has 0 saturated heterocycles. The van der Waals surface area contributed by atoms with Crippen molar-refractivity contribution in [3.8, 4) is 0 Å². The first-order valence-electron chi connectivity index (χ1n) is 6.81. The van der Waals surface area contributed by atoms with Crippen LogP contribution in [0.1, 0.15) is 20.3 Å². The standard InChI is InChI=1S/C15H19N3O3/c1-15(2,7-9-19)10-17-12-5-6-13(18(20)21)11-4-3-8-16-14(11)12/h3-6,8,17,19H,7,9-10H2,1-2H3. The van der Waals surface area contributed by atoms with Crippen LogP contribution in [0.4, 0.5) is 11.4 Å². The Hall–Kier alpha value is -2.21. The average molecular weight is 289 g/mol. The van der Waals surface area contributed by atoms with E-state index in [1.165, 1.54) is 6.07 Å². The summed E-state index contributed by atoms with van der Waals surface area (Å²) in [5, 5.41) is 23.9. The van der Waals surface area contributed by atoms with Crippen LogP contribution in [0.25, 0.3) is 10.9 Å². The lowest BCUT2D eigenvalue weighted by molar-refractivity contribution is -0.383. The smallest absolute Gasteiger partial charge is 0.278 e. The number of nitro groups is 1. The molecule has 0 atom stereocenters. The van der Waals surface area contributed by atoms with E-state index in [1.54, 1.807) is 24.4 Å². The summed E-state index contributed by atoms with van der Waals surface area (Å²) >= 11 is 0. The van der Waals surface area contributed by atoms with Gasteiger partial charge in [-0.25, -0.2) is 0 Å². The first kappa shape index (κ1) is 15.2. The fraction of sp³-hybridized carbons (Fsp3) is 0.400. The van der Waals surface area contributed by atoms with Crippen LogP contribution in [-0.2, 0) is 0 Å². The Morgan fingerprint density at radius 2 is 2.14 bits per heavy atom. The van der Waals surface area contributed by atoms with Gasteiger partial charge in [0.2, 0.25) is 0 Å². The number of nitrogens with one attached hydrogen (secondary N) is 1. The third kappa shape index (κ3) is 3.46. The molecule has 2 N–H and O–H groups in total. The van der Waals surface area contributed by atoms with Gasteiger partial charge >= 0.3 is 0 Å². The van der Waals surface area contributed by atoms with E-state index in [2.05, 4.69) is 24.1 Å². The number of pyridine rings is 1. The van der Waals surface area contributed by atoms with Crippen molar-refractivity contribution >= 4 is 22.3 Å². The molecule has 1 aromatic carbocycles. The highest BCUT2D eigenvalue weighted by Gasteiger charge is 2.19. The molecule has 2 aromatic rings. The Kier molecular flexibility index (Phi) is 4.37. The predicted octanol–water partition coefficient (Wildman–Crippen LogP) is 2.96. The lowest BCUT2D eigenvalue weighted by Crippen LogP contribution is -2.24. The average Bonchev–Trinajstić information content (AvgIpc) is 2.44. The van der Waals surface area contributed by atoms with E-state index in [9.17, 15) is 10.1 Å². The van der Waals surface area contributed by atoms with E-state index in [0.717, 1.165) is 5.69 Å². The van der Waals surface area contributed by atoms with E-state index in [-0.39, 0.29) is 17.7 Å². The summed E-state index contributed by atoms with van der Waals surface area (Å²) in [5.74, 6) is 0. The second-order valence-corrected chi connectivity index (χ2v) is 5.78. The first-order valence-corrected chi connectivity index (χ1v) is 6.81. The predicted molar refractivity (Wildman–Crippen MR) is 82.4 cm³/mol. The molecule has 0 aliphatic heterocycles. The number of nitro benzene ring substituents is 1. The van der Waals surface area contributed by atoms with Gasteiger partial charge in [-0.3, -0.25) is 15.1 Å². The third-order valence-electron chi connectivity index (χ3n) is 3.49. The highest BCUT2D eigenvalue weighted by molar-refractivity contribution is 5.96. The van der Waals surface area contributed by atoms with Gasteiger partial charge in [0.1, 0.15) is 5.52 Å². The van der Waals surface area contributed by atoms with Crippen molar-refractivity contribution in [3.63, 3.8) is 0 Å². The van der Waals surface area contributed by atoms with Gasteiger partial charge in [-0.05, 0) is 30.0 Å². The summed E-state index contributed by atoms with van der Waals surface area (Å²) in [6.07, 6.45) is 2.30. The van der Waals surface area contributed by atoms with Crippen LogP contribution in [0, 0.1) is 15.5 Å². The maximum absolute atomic E-state index is 11.1. The van der Waals surface area contributed by atoms with Gasteiger partial charge in [0.25, 0.3) is 5.69 Å². The number of fused-ring (bicyclic) bond motifs is 1. The molecule has 2 rings (SSSR count). The minimum atomic E-state index is -0.399. The lowest BCUT2D eigenvalue weighted by atomic mass is 9.89. The number of non-ortho nitro benzene ring substituents is 1. The number of benzene rings is 1. The van der Waals surface area contributed by atoms with Gasteiger partial charge in [0.15, 0.2) is 0 Å². The van der Waals surface area contributed by atoms with Crippen LogP contribution in [-0.4, -0.2) is 28.2 Å². The molecule has 112 valence electrons. The van der Waals surface area contributed by atoms with Crippen molar-refractivity contribution < 1.29 is 10.0 Å². The van der Waals surface area contributed by atoms with Gasteiger partial charge in [-0.15, -0.1) is 0 Å². The summed E-state index contributed by atoms with van der Waals surface area (Å²) in [5.41, 5.74) is 1.34. The summed E-state index contributed by atoms with van der Waals surface area (Å²) in [7, 11) is 0. The Morgan fingerprint density at radius 1 is 1.38 bits per heavy atom. The van der Waals surface area contributed by atoms with Gasteiger partial charge < -0.3 is 10.4 Å². The first-order chi connectivity index (χ1) is 9.94. The monoisotopic (exact) mass is 289 g/mol. The van der Waals surface area contributed by atoms with Crippen LogP contribution < -0.4 is 5.32 Å². The molecule has 21 heavy (non-hydrogen) atoms. The number of hydrogen-bond acceptors (Lipinski definition) is 5. The van der Waals surface area contributed by atoms with Crippen LogP contribution in [0.2, 0.25) is 0 Å². The molecule has 1 aromatic heterocycles. The number of aliphatic hydroxyl groups is 1. The van der Waals surface area contributed by atoms with Crippen LogP contribution in [0.3, 0.4) is 0 Å². The number of nitrogens with zero attached hydrogens (tertiary/aromatic N) is 2. The van der Waals surface area contributed by atoms with E-state index in [0.29, 0.717) is 23.9 Å². The Morgan fingerprint density at radius 3 is 2.81 bits per heavy atom. The van der Waals surface area contributed by atoms with Gasteiger partial charge in [-0.1, -0.05) is 13.8 Å². The molecule has 1 heterocycles. The summed E-state index contributed by atoms with van der Waals surface area (Å²) < 4.78 is 0. The lowest BCUT2D eigenvalue weighted by Gasteiger charge is -2.24. The largest absolute Gasteiger partial charge is 0.396 e. The molecular formula is C15H19N3O3. The van der Waals surface area contributed by atoms with E-state index in [1.807, 2.05) is 0 Å². The Balaban J connectivity index is 2.34. The van der Waals surface area contributed by atoms with Crippen molar-refractivity contribution in [2.24, 2.45) is 5.41 Å². The molecule has 0 radical (unpaired) electrons. The minimum absolute atomic E-state index is 0.0540. The second-order valence-electron chi connectivity index (χ2n) is 5.78. The molecule has 6 heteroatoms. The number of anilines is 1. The van der Waals surface area contributed by atoms with E-state index in [4.69, 9.17) is 5.11 Å². The van der Waals surface area contributed by atoms with Gasteiger partial charge in [-0.2, -0.15) is 0 Å². The molecule has 0 bridgehead atoms. The minimum Gasteiger partial charge on any atom is -0.396 e. The fourth-order valence-electron chi connectivity index (χ4n) is 2.19. The zero-order valence-corrected chi connectivity index (χ0v) is 12.2. The summed E-state index contributed by atoms with van der Waals surface area (Å²) in [4.78, 5) is 14.9. The second kappa shape index (κ2) is 6.05. The highest BCUT2D eigenvalue weighted by Crippen LogP contribution is 2.30. The quantitative estimate of drug-likeness (QED) is 0.630. The number of aliphatic hydroxyl groups excluding tert-OH is 1. The molecule has 0 spiro atoms. The highest BCUT2D eigenvalue weighted by atomic mass is 16.6.